The Kier molecular flexibility index (Phi) is 4.36. The number of hydrogen-bond donors (Lipinski definition) is 0. The van der Waals surface area contributed by atoms with Crippen molar-refractivity contribution in [1.29, 1.82) is 0 Å². The normalized spacial score (nSPS) is 16.2. The molecule has 0 N–H and O–H groups in total. The number of thiophene rings is 1. The molecular weight excluding hydrogens is 294 g/mol. The molecule has 3 rings (SSSR count). The smallest absolute Gasteiger partial charge is 0.255 e. The van der Waals surface area contributed by atoms with E-state index in [0.717, 1.165) is 49.7 Å². The number of aromatic nitrogens is 1. The van der Waals surface area contributed by atoms with Gasteiger partial charge < -0.3 is 14.4 Å². The summed E-state index contributed by atoms with van der Waals surface area (Å²) in [5, 5.41) is 2.10. The van der Waals surface area contributed by atoms with E-state index in [2.05, 4.69) is 47.9 Å². The van der Waals surface area contributed by atoms with E-state index in [1.807, 2.05) is 11.0 Å². The van der Waals surface area contributed by atoms with E-state index in [0.29, 0.717) is 0 Å². The maximum Gasteiger partial charge on any atom is 0.255 e. The third-order valence-electron chi connectivity index (χ3n) is 4.49. The minimum absolute atomic E-state index is 0.179. The number of aryl methyl sites for hydroxylation is 1. The van der Waals surface area contributed by atoms with E-state index in [1.54, 1.807) is 11.3 Å². The summed E-state index contributed by atoms with van der Waals surface area (Å²) in [6.45, 7) is 8.56. The molecule has 0 aliphatic carbocycles. The van der Waals surface area contributed by atoms with Crippen molar-refractivity contribution in [2.45, 2.75) is 20.4 Å². The standard InChI is InChI=1S/C17H23N3OS/c1-13-11-16(17(21)19-8-6-18(3)7-9-19)14(2)20(13)12-15-5-4-10-22-15/h4-5,10-11H,6-9,12H2,1-3H3. The van der Waals surface area contributed by atoms with Crippen LogP contribution in [0.3, 0.4) is 0 Å². The first kappa shape index (κ1) is 15.3. The topological polar surface area (TPSA) is 28.5 Å². The van der Waals surface area contributed by atoms with Crippen LogP contribution in [-0.2, 0) is 6.54 Å². The number of piperazine rings is 1. The summed E-state index contributed by atoms with van der Waals surface area (Å²) in [6, 6.07) is 6.26. The Bertz CT molecular complexity index is 652. The molecule has 1 fully saturated rings. The van der Waals surface area contributed by atoms with E-state index in [1.165, 1.54) is 4.88 Å². The number of carbonyl (C=O) groups is 1. The summed E-state index contributed by atoms with van der Waals surface area (Å²) in [5.74, 6) is 0.179. The van der Waals surface area contributed by atoms with E-state index in [9.17, 15) is 4.79 Å². The molecule has 4 nitrogen and oxygen atoms in total. The first-order valence-corrected chi connectivity index (χ1v) is 8.61. The molecule has 0 saturated carbocycles. The lowest BCUT2D eigenvalue weighted by Gasteiger charge is -2.32. The highest BCUT2D eigenvalue weighted by atomic mass is 32.1. The quantitative estimate of drug-likeness (QED) is 0.870. The molecular formula is C17H23N3OS. The number of rotatable bonds is 3. The lowest BCUT2D eigenvalue weighted by Crippen LogP contribution is -2.47. The molecule has 1 aliphatic heterocycles. The van der Waals surface area contributed by atoms with Crippen LogP contribution >= 0.6 is 11.3 Å². The lowest BCUT2D eigenvalue weighted by atomic mass is 10.2. The third-order valence-corrected chi connectivity index (χ3v) is 5.35. The molecule has 0 unspecified atom stereocenters. The fourth-order valence-corrected chi connectivity index (χ4v) is 3.69. The molecule has 0 bridgehead atoms. The maximum absolute atomic E-state index is 12.8. The van der Waals surface area contributed by atoms with E-state index < -0.39 is 0 Å². The molecule has 0 spiro atoms. The molecule has 2 aromatic rings. The summed E-state index contributed by atoms with van der Waals surface area (Å²) in [4.78, 5) is 18.4. The second-order valence-corrected chi connectivity index (χ2v) is 7.08. The van der Waals surface area contributed by atoms with Crippen molar-refractivity contribution >= 4 is 17.2 Å². The Hall–Kier alpha value is -1.59. The van der Waals surface area contributed by atoms with Crippen molar-refractivity contribution in [3.63, 3.8) is 0 Å². The summed E-state index contributed by atoms with van der Waals surface area (Å²) in [7, 11) is 2.11. The Labute approximate surface area is 136 Å². The third kappa shape index (κ3) is 2.96. The van der Waals surface area contributed by atoms with Crippen LogP contribution in [0.4, 0.5) is 0 Å². The van der Waals surface area contributed by atoms with Crippen LogP contribution in [-0.4, -0.2) is 53.5 Å². The van der Waals surface area contributed by atoms with Crippen molar-refractivity contribution in [2.24, 2.45) is 0 Å². The van der Waals surface area contributed by atoms with Gasteiger partial charge in [0, 0.05) is 42.4 Å². The maximum atomic E-state index is 12.8. The summed E-state index contributed by atoms with van der Waals surface area (Å²) >= 11 is 1.76. The fourth-order valence-electron chi connectivity index (χ4n) is 3.00. The van der Waals surface area contributed by atoms with Gasteiger partial charge in [0.2, 0.25) is 0 Å². The minimum atomic E-state index is 0.179. The minimum Gasteiger partial charge on any atom is -0.343 e. The predicted molar refractivity (Wildman–Crippen MR) is 90.7 cm³/mol. The van der Waals surface area contributed by atoms with Gasteiger partial charge in [-0.25, -0.2) is 0 Å². The molecule has 118 valence electrons. The van der Waals surface area contributed by atoms with E-state index >= 15 is 0 Å². The van der Waals surface area contributed by atoms with E-state index in [4.69, 9.17) is 0 Å². The van der Waals surface area contributed by atoms with Gasteiger partial charge in [-0.15, -0.1) is 11.3 Å². The van der Waals surface area contributed by atoms with Gasteiger partial charge in [0.05, 0.1) is 12.1 Å². The molecule has 1 aliphatic rings. The molecule has 2 aromatic heterocycles. The summed E-state index contributed by atoms with van der Waals surface area (Å²) in [6.07, 6.45) is 0. The first-order valence-electron chi connectivity index (χ1n) is 7.73. The Morgan fingerprint density at radius 2 is 1.95 bits per heavy atom. The molecule has 22 heavy (non-hydrogen) atoms. The Morgan fingerprint density at radius 1 is 1.23 bits per heavy atom. The number of hydrogen-bond acceptors (Lipinski definition) is 3. The zero-order valence-electron chi connectivity index (χ0n) is 13.5. The van der Waals surface area contributed by atoms with Crippen LogP contribution in [0, 0.1) is 13.8 Å². The van der Waals surface area contributed by atoms with Crippen LogP contribution < -0.4 is 0 Å². The second kappa shape index (κ2) is 6.26. The molecule has 1 amide bonds. The number of likely N-dealkylation sites (N-methyl/N-ethyl adjacent to an activating group) is 1. The summed E-state index contributed by atoms with van der Waals surface area (Å²) in [5.41, 5.74) is 3.09. The van der Waals surface area contributed by atoms with Gasteiger partial charge in [-0.2, -0.15) is 0 Å². The highest BCUT2D eigenvalue weighted by Crippen LogP contribution is 2.21. The molecule has 0 aromatic carbocycles. The number of carbonyl (C=O) groups excluding carboxylic acids is 1. The molecule has 5 heteroatoms. The van der Waals surface area contributed by atoms with Gasteiger partial charge >= 0.3 is 0 Å². The van der Waals surface area contributed by atoms with Crippen LogP contribution in [0.25, 0.3) is 0 Å². The Balaban J connectivity index is 1.81. The van der Waals surface area contributed by atoms with Crippen molar-refractivity contribution in [3.05, 3.63) is 45.4 Å². The van der Waals surface area contributed by atoms with Crippen LogP contribution in [0.5, 0.6) is 0 Å². The van der Waals surface area contributed by atoms with Crippen LogP contribution in [0.15, 0.2) is 23.6 Å². The molecule has 3 heterocycles. The zero-order valence-corrected chi connectivity index (χ0v) is 14.3. The molecule has 0 atom stereocenters. The molecule has 0 radical (unpaired) electrons. The average Bonchev–Trinajstić information content (AvgIpc) is 3.11. The Morgan fingerprint density at radius 3 is 2.59 bits per heavy atom. The number of nitrogens with zero attached hydrogens (tertiary/aromatic N) is 3. The predicted octanol–water partition coefficient (Wildman–Crippen LogP) is 2.60. The van der Waals surface area contributed by atoms with Crippen molar-refractivity contribution in [1.82, 2.24) is 14.4 Å². The van der Waals surface area contributed by atoms with Gasteiger partial charge in [0.25, 0.3) is 5.91 Å². The zero-order chi connectivity index (χ0) is 15.7. The SMILES string of the molecule is Cc1cc(C(=O)N2CCN(C)CC2)c(C)n1Cc1cccs1. The summed E-state index contributed by atoms with van der Waals surface area (Å²) < 4.78 is 2.25. The number of amides is 1. The van der Waals surface area contributed by atoms with Crippen molar-refractivity contribution in [3.8, 4) is 0 Å². The van der Waals surface area contributed by atoms with Gasteiger partial charge in [0.15, 0.2) is 0 Å². The first-order chi connectivity index (χ1) is 10.6. The largest absolute Gasteiger partial charge is 0.343 e. The average molecular weight is 317 g/mol. The van der Waals surface area contributed by atoms with E-state index in [-0.39, 0.29) is 5.91 Å². The van der Waals surface area contributed by atoms with Crippen molar-refractivity contribution in [2.75, 3.05) is 33.2 Å². The van der Waals surface area contributed by atoms with Crippen LogP contribution in [0.2, 0.25) is 0 Å². The monoisotopic (exact) mass is 317 g/mol. The van der Waals surface area contributed by atoms with Gasteiger partial charge in [-0.3, -0.25) is 4.79 Å². The van der Waals surface area contributed by atoms with Gasteiger partial charge in [0.1, 0.15) is 0 Å². The highest BCUT2D eigenvalue weighted by Gasteiger charge is 2.24. The lowest BCUT2D eigenvalue weighted by molar-refractivity contribution is 0.0663. The van der Waals surface area contributed by atoms with Crippen LogP contribution in [0.1, 0.15) is 26.6 Å². The molecule has 1 saturated heterocycles. The fraction of sp³-hybridized carbons (Fsp3) is 0.471. The van der Waals surface area contributed by atoms with Gasteiger partial charge in [-0.05, 0) is 38.4 Å². The van der Waals surface area contributed by atoms with Crippen molar-refractivity contribution < 1.29 is 4.79 Å². The van der Waals surface area contributed by atoms with Gasteiger partial charge in [-0.1, -0.05) is 6.07 Å². The second-order valence-electron chi connectivity index (χ2n) is 6.05. The highest BCUT2D eigenvalue weighted by molar-refractivity contribution is 7.09.